The van der Waals surface area contributed by atoms with E-state index in [0.717, 1.165) is 11.3 Å². The Morgan fingerprint density at radius 2 is 2.05 bits per heavy atom. The van der Waals surface area contributed by atoms with Crippen LogP contribution in [0, 0.1) is 31.0 Å². The number of nitrogen functional groups attached to an aromatic ring is 1. The van der Waals surface area contributed by atoms with Crippen LogP contribution in [0.3, 0.4) is 0 Å². The molecule has 0 radical (unpaired) electrons. The molecule has 2 aromatic rings. The van der Waals surface area contributed by atoms with Crippen molar-refractivity contribution in [2.45, 2.75) is 13.8 Å². The van der Waals surface area contributed by atoms with Gasteiger partial charge < -0.3 is 10.5 Å². The lowest BCUT2D eigenvalue weighted by atomic mass is 10.2. The van der Waals surface area contributed by atoms with Crippen molar-refractivity contribution in [2.24, 2.45) is 0 Å². The molecule has 0 atom stereocenters. The number of hydrogen-bond donors (Lipinski definition) is 1. The Kier molecular flexibility index (Phi) is 3.17. The monoisotopic (exact) mass is 259 g/mol. The second-order valence-electron chi connectivity index (χ2n) is 4.24. The van der Waals surface area contributed by atoms with Gasteiger partial charge in [0.1, 0.15) is 11.9 Å². The van der Waals surface area contributed by atoms with E-state index in [2.05, 4.69) is 6.07 Å². The Labute approximate surface area is 110 Å². The average Bonchev–Trinajstić information content (AvgIpc) is 2.60. The number of ether oxygens (including phenoxy) is 1. The summed E-state index contributed by atoms with van der Waals surface area (Å²) in [6.07, 6.45) is 0. The molecule has 0 aliphatic rings. The summed E-state index contributed by atoms with van der Waals surface area (Å²) >= 11 is 0. The second-order valence-corrected chi connectivity index (χ2v) is 4.24. The summed E-state index contributed by atoms with van der Waals surface area (Å²) in [5.41, 5.74) is 8.57. The molecule has 0 aliphatic heterocycles. The molecule has 1 heterocycles. The number of hydrogen-bond acceptors (Lipinski definition) is 3. The van der Waals surface area contributed by atoms with E-state index in [1.165, 1.54) is 19.2 Å². The molecule has 0 saturated heterocycles. The highest BCUT2D eigenvalue weighted by molar-refractivity contribution is 5.62. The van der Waals surface area contributed by atoms with Crippen LogP contribution in [0.5, 0.6) is 5.75 Å². The third-order valence-electron chi connectivity index (χ3n) is 3.26. The first-order chi connectivity index (χ1) is 9.01. The lowest BCUT2D eigenvalue weighted by Gasteiger charge is -2.10. The van der Waals surface area contributed by atoms with Crippen LogP contribution in [-0.4, -0.2) is 11.7 Å². The standard InChI is InChI=1S/C14H14FN3O/c1-8-9(2)18(14(17)11(8)7-16)10-4-5-13(19-3)12(15)6-10/h4-6H,17H2,1-3H3. The molecular weight excluding hydrogens is 245 g/mol. The highest BCUT2D eigenvalue weighted by Crippen LogP contribution is 2.29. The number of aromatic nitrogens is 1. The van der Waals surface area contributed by atoms with Crippen LogP contribution >= 0.6 is 0 Å². The van der Waals surface area contributed by atoms with Gasteiger partial charge in [0.15, 0.2) is 11.6 Å². The molecule has 0 fully saturated rings. The van der Waals surface area contributed by atoms with Gasteiger partial charge in [-0.3, -0.25) is 4.57 Å². The van der Waals surface area contributed by atoms with Crippen molar-refractivity contribution in [3.63, 3.8) is 0 Å². The molecule has 0 amide bonds. The van der Waals surface area contributed by atoms with E-state index in [9.17, 15) is 4.39 Å². The number of nitrogens with two attached hydrogens (primary N) is 1. The van der Waals surface area contributed by atoms with Crippen molar-refractivity contribution in [1.29, 1.82) is 5.26 Å². The molecule has 0 spiro atoms. The van der Waals surface area contributed by atoms with Gasteiger partial charge in [0.2, 0.25) is 0 Å². The van der Waals surface area contributed by atoms with Crippen molar-refractivity contribution in [2.75, 3.05) is 12.8 Å². The van der Waals surface area contributed by atoms with E-state index in [0.29, 0.717) is 17.1 Å². The van der Waals surface area contributed by atoms with Crippen LogP contribution < -0.4 is 10.5 Å². The van der Waals surface area contributed by atoms with Gasteiger partial charge in [-0.05, 0) is 31.5 Å². The molecule has 19 heavy (non-hydrogen) atoms. The Morgan fingerprint density at radius 3 is 2.53 bits per heavy atom. The predicted octanol–water partition coefficient (Wildman–Crippen LogP) is 2.70. The largest absolute Gasteiger partial charge is 0.494 e. The number of nitrogens with zero attached hydrogens (tertiary/aromatic N) is 2. The van der Waals surface area contributed by atoms with E-state index < -0.39 is 5.82 Å². The van der Waals surface area contributed by atoms with Gasteiger partial charge in [-0.1, -0.05) is 0 Å². The van der Waals surface area contributed by atoms with Crippen molar-refractivity contribution < 1.29 is 9.13 Å². The molecule has 2 rings (SSSR count). The molecule has 2 N–H and O–H groups in total. The zero-order valence-corrected chi connectivity index (χ0v) is 11.0. The summed E-state index contributed by atoms with van der Waals surface area (Å²) in [5, 5.41) is 9.08. The Bertz CT molecular complexity index is 683. The van der Waals surface area contributed by atoms with Gasteiger partial charge in [0.05, 0.1) is 18.4 Å². The fourth-order valence-corrected chi connectivity index (χ4v) is 2.10. The van der Waals surface area contributed by atoms with Crippen molar-refractivity contribution in [1.82, 2.24) is 4.57 Å². The average molecular weight is 259 g/mol. The number of rotatable bonds is 2. The summed E-state index contributed by atoms with van der Waals surface area (Å²) < 4.78 is 20.3. The molecule has 0 saturated carbocycles. The first-order valence-corrected chi connectivity index (χ1v) is 5.72. The smallest absolute Gasteiger partial charge is 0.167 e. The zero-order chi connectivity index (χ0) is 14.2. The fraction of sp³-hybridized carbons (Fsp3) is 0.214. The van der Waals surface area contributed by atoms with Crippen LogP contribution in [0.4, 0.5) is 10.2 Å². The molecule has 0 unspecified atom stereocenters. The van der Waals surface area contributed by atoms with Gasteiger partial charge in [0.25, 0.3) is 0 Å². The molecule has 5 heteroatoms. The van der Waals surface area contributed by atoms with E-state index in [1.54, 1.807) is 10.6 Å². The Morgan fingerprint density at radius 1 is 1.37 bits per heavy atom. The summed E-state index contributed by atoms with van der Waals surface area (Å²) in [5.74, 6) is 0.0232. The maximum absolute atomic E-state index is 13.7. The van der Waals surface area contributed by atoms with Crippen LogP contribution in [0.15, 0.2) is 18.2 Å². The quantitative estimate of drug-likeness (QED) is 0.901. The van der Waals surface area contributed by atoms with Crippen LogP contribution in [0.25, 0.3) is 5.69 Å². The van der Waals surface area contributed by atoms with Crippen molar-refractivity contribution >= 4 is 5.82 Å². The lowest BCUT2D eigenvalue weighted by Crippen LogP contribution is -2.03. The van der Waals surface area contributed by atoms with Gasteiger partial charge in [0, 0.05) is 11.8 Å². The highest BCUT2D eigenvalue weighted by Gasteiger charge is 2.17. The Balaban J connectivity index is 2.67. The molecule has 0 bridgehead atoms. The number of benzene rings is 1. The van der Waals surface area contributed by atoms with Gasteiger partial charge in [-0.2, -0.15) is 5.26 Å². The minimum Gasteiger partial charge on any atom is -0.494 e. The maximum atomic E-state index is 13.7. The summed E-state index contributed by atoms with van der Waals surface area (Å²) in [6.45, 7) is 3.66. The molecular formula is C14H14FN3O. The SMILES string of the molecule is COc1ccc(-n2c(C)c(C)c(C#N)c2N)cc1F. The second kappa shape index (κ2) is 4.65. The van der Waals surface area contributed by atoms with Crippen molar-refractivity contribution in [3.05, 3.63) is 40.8 Å². The summed E-state index contributed by atoms with van der Waals surface area (Å²) in [4.78, 5) is 0. The van der Waals surface area contributed by atoms with E-state index >= 15 is 0 Å². The Hall–Kier alpha value is -2.48. The first kappa shape index (κ1) is 13.0. The third-order valence-corrected chi connectivity index (χ3v) is 3.26. The molecule has 0 aliphatic carbocycles. The topological polar surface area (TPSA) is 64.0 Å². The molecule has 98 valence electrons. The van der Waals surface area contributed by atoms with Gasteiger partial charge >= 0.3 is 0 Å². The van der Waals surface area contributed by atoms with Crippen LogP contribution in [0.2, 0.25) is 0 Å². The highest BCUT2D eigenvalue weighted by atomic mass is 19.1. The van der Waals surface area contributed by atoms with Crippen LogP contribution in [-0.2, 0) is 0 Å². The van der Waals surface area contributed by atoms with E-state index in [4.69, 9.17) is 15.7 Å². The van der Waals surface area contributed by atoms with Gasteiger partial charge in [-0.25, -0.2) is 4.39 Å². The fourth-order valence-electron chi connectivity index (χ4n) is 2.10. The van der Waals surface area contributed by atoms with Gasteiger partial charge in [-0.15, -0.1) is 0 Å². The third kappa shape index (κ3) is 1.91. The summed E-state index contributed by atoms with van der Waals surface area (Å²) in [7, 11) is 1.41. The number of halogens is 1. The normalized spacial score (nSPS) is 10.3. The molecule has 1 aromatic heterocycles. The van der Waals surface area contributed by atoms with Crippen molar-refractivity contribution in [3.8, 4) is 17.5 Å². The van der Waals surface area contributed by atoms with Crippen LogP contribution in [0.1, 0.15) is 16.8 Å². The minimum atomic E-state index is -0.469. The van der Waals surface area contributed by atoms with E-state index in [-0.39, 0.29) is 5.75 Å². The number of methoxy groups -OCH3 is 1. The number of anilines is 1. The zero-order valence-electron chi connectivity index (χ0n) is 11.0. The first-order valence-electron chi connectivity index (χ1n) is 5.72. The molecule has 1 aromatic carbocycles. The minimum absolute atomic E-state index is 0.171. The predicted molar refractivity (Wildman–Crippen MR) is 70.9 cm³/mol. The lowest BCUT2D eigenvalue weighted by molar-refractivity contribution is 0.386. The molecule has 4 nitrogen and oxygen atoms in total. The summed E-state index contributed by atoms with van der Waals surface area (Å²) in [6, 6.07) is 6.64. The van der Waals surface area contributed by atoms with E-state index in [1.807, 2.05) is 13.8 Å². The number of nitriles is 1. The maximum Gasteiger partial charge on any atom is 0.167 e.